The van der Waals surface area contributed by atoms with Crippen LogP contribution in [0.25, 0.3) is 44.3 Å². The number of nitrogens with zero attached hydrogens (tertiary/aromatic N) is 1. The van der Waals surface area contributed by atoms with E-state index in [-0.39, 0.29) is 27.8 Å². The fourth-order valence-corrected chi connectivity index (χ4v) is 5.22. The van der Waals surface area contributed by atoms with Crippen molar-refractivity contribution in [3.63, 3.8) is 0 Å². The molecule has 0 aliphatic heterocycles. The summed E-state index contributed by atoms with van der Waals surface area (Å²) >= 11 is 0. The van der Waals surface area contributed by atoms with Gasteiger partial charge in [0, 0.05) is 45.6 Å². The maximum absolute atomic E-state index is 8.67. The van der Waals surface area contributed by atoms with Gasteiger partial charge in [-0.2, -0.15) is 0 Å². The van der Waals surface area contributed by atoms with Crippen molar-refractivity contribution in [2.75, 3.05) is 0 Å². The highest BCUT2D eigenvalue weighted by Gasteiger charge is 2.36. The van der Waals surface area contributed by atoms with Crippen molar-refractivity contribution in [2.45, 2.75) is 52.6 Å². The zero-order valence-electron chi connectivity index (χ0n) is 32.1. The first-order valence-electron chi connectivity index (χ1n) is 17.6. The number of hydrogen-bond acceptors (Lipinski definition) is 1. The Bertz CT molecular complexity index is 2080. The minimum atomic E-state index is -2.94. The van der Waals surface area contributed by atoms with Gasteiger partial charge in [-0.05, 0) is 65.2 Å². The molecule has 2 heterocycles. The molecule has 0 N–H and O–H groups in total. The average Bonchev–Trinajstić information content (AvgIpc) is 3.43. The number of aryl methyl sites for hydroxylation is 3. The Labute approximate surface area is 220 Å². The second-order valence-electron chi connectivity index (χ2n) is 9.15. The number of pyridine rings is 1. The Morgan fingerprint density at radius 1 is 0.971 bits per heavy atom. The minimum Gasteiger partial charge on any atom is -0.455 e. The van der Waals surface area contributed by atoms with E-state index < -0.39 is 38.7 Å². The van der Waals surface area contributed by atoms with Crippen LogP contribution in [0.5, 0.6) is 0 Å². The molecule has 0 radical (unpaired) electrons. The average molecular weight is 460 g/mol. The molecule has 1 aliphatic carbocycles. The van der Waals surface area contributed by atoms with E-state index in [4.69, 9.17) is 22.2 Å². The van der Waals surface area contributed by atoms with E-state index in [0.29, 0.717) is 44.3 Å². The van der Waals surface area contributed by atoms with E-state index in [1.807, 2.05) is 19.1 Å². The zero-order valence-corrected chi connectivity index (χ0v) is 19.1. The molecule has 0 saturated heterocycles. The lowest BCUT2D eigenvalue weighted by Gasteiger charge is -2.21. The van der Waals surface area contributed by atoms with Gasteiger partial charge in [0.05, 0.1) is 5.56 Å². The highest BCUT2D eigenvalue weighted by atomic mass is 16.3. The number of hydrogen-bond donors (Lipinski definition) is 0. The molecule has 2 nitrogen and oxygen atoms in total. The Morgan fingerprint density at radius 3 is 2.62 bits per heavy atom. The molecule has 1 unspecified atom stereocenters. The summed E-state index contributed by atoms with van der Waals surface area (Å²) in [4.78, 5) is 0. The van der Waals surface area contributed by atoms with Gasteiger partial charge in [0.2, 0.25) is 5.69 Å². The second kappa shape index (κ2) is 7.06. The summed E-state index contributed by atoms with van der Waals surface area (Å²) in [6, 6.07) is 14.9. The van der Waals surface area contributed by atoms with Gasteiger partial charge in [-0.25, -0.2) is 4.57 Å². The maximum atomic E-state index is 8.67. The van der Waals surface area contributed by atoms with Crippen LogP contribution in [-0.2, 0) is 12.5 Å². The predicted molar refractivity (Wildman–Crippen MR) is 141 cm³/mol. The standard InChI is InChI=1S/C32H32NO/c1-18(2)25-17-33(7)28(14-20(25)4)30-19(3)12-13-22-24-15-23-21-10-8-9-11-26(21)32(5,6)27(23)16-29(24)34-31(22)30/h8-18H,1-7H3/q+1/i1D3,4D3,5D3,6D3,18D. The van der Waals surface area contributed by atoms with Crippen LogP contribution >= 0.6 is 0 Å². The number of rotatable bonds is 2. The summed E-state index contributed by atoms with van der Waals surface area (Å²) in [5, 5.41) is 1.24. The molecule has 0 saturated carbocycles. The summed E-state index contributed by atoms with van der Waals surface area (Å²) in [7, 11) is 1.63. The van der Waals surface area contributed by atoms with E-state index in [9.17, 15) is 0 Å². The van der Waals surface area contributed by atoms with E-state index >= 15 is 0 Å². The highest BCUT2D eigenvalue weighted by molar-refractivity contribution is 6.11. The quantitative estimate of drug-likeness (QED) is 0.244. The lowest BCUT2D eigenvalue weighted by molar-refractivity contribution is -0.660. The SMILES string of the molecule is [2H]C([2H])([2H])c1cc(-c2c(C)ccc3c2oc2cc4c(cc23)-c2ccccc2C4(C([2H])([2H])[2H])C([2H])([2H])[2H])[n+](C)cc1C([2H])(C)C([2H])([2H])[2H]. The summed E-state index contributed by atoms with van der Waals surface area (Å²) < 4.78 is 116. The first-order chi connectivity index (χ1) is 21.4. The van der Waals surface area contributed by atoms with Crippen molar-refractivity contribution in [1.82, 2.24) is 0 Å². The molecular formula is C32H32NO+. The number of fused-ring (bicyclic) bond motifs is 6. The Kier molecular flexibility index (Phi) is 2.36. The van der Waals surface area contributed by atoms with Crippen LogP contribution < -0.4 is 4.57 Å². The molecule has 5 aromatic rings. The fraction of sp³-hybridized carbons (Fsp3) is 0.281. The first-order valence-corrected chi connectivity index (χ1v) is 11.1. The highest BCUT2D eigenvalue weighted by Crippen LogP contribution is 2.51. The van der Waals surface area contributed by atoms with Crippen molar-refractivity contribution in [3.8, 4) is 22.4 Å². The molecule has 0 amide bonds. The molecule has 34 heavy (non-hydrogen) atoms. The summed E-state index contributed by atoms with van der Waals surface area (Å²) in [5.41, 5.74) is 0.786. The monoisotopic (exact) mass is 459 g/mol. The third-order valence-electron chi connectivity index (χ3n) is 6.95. The molecule has 170 valence electrons. The van der Waals surface area contributed by atoms with Crippen molar-refractivity contribution in [1.29, 1.82) is 0 Å². The molecule has 2 aromatic heterocycles. The van der Waals surface area contributed by atoms with Gasteiger partial charge in [0.25, 0.3) is 0 Å². The van der Waals surface area contributed by atoms with Crippen molar-refractivity contribution in [3.05, 3.63) is 88.6 Å². The van der Waals surface area contributed by atoms with Crippen molar-refractivity contribution >= 4 is 21.9 Å². The van der Waals surface area contributed by atoms with Crippen LogP contribution in [0, 0.1) is 13.8 Å². The molecule has 2 heteroatoms. The molecular weight excluding hydrogens is 414 g/mol. The van der Waals surface area contributed by atoms with Crippen LogP contribution in [0.4, 0.5) is 0 Å². The lowest BCUT2D eigenvalue weighted by atomic mass is 9.82. The molecule has 1 aliphatic rings. The number of benzene rings is 3. The van der Waals surface area contributed by atoms with Crippen LogP contribution in [0.15, 0.2) is 65.2 Å². The van der Waals surface area contributed by atoms with E-state index in [1.165, 1.54) is 25.3 Å². The topological polar surface area (TPSA) is 17.0 Å². The van der Waals surface area contributed by atoms with E-state index in [1.54, 1.807) is 41.9 Å². The summed E-state index contributed by atoms with van der Waals surface area (Å²) in [6.07, 6.45) is 1.36. The van der Waals surface area contributed by atoms with Gasteiger partial charge in [-0.15, -0.1) is 0 Å². The minimum absolute atomic E-state index is 0.113. The van der Waals surface area contributed by atoms with E-state index in [0.717, 1.165) is 0 Å². The van der Waals surface area contributed by atoms with Crippen LogP contribution in [0.1, 0.15) is 79.0 Å². The number of furan rings is 1. The Hall–Kier alpha value is -3.39. The fourth-order valence-electron chi connectivity index (χ4n) is 5.22. The molecule has 0 spiro atoms. The van der Waals surface area contributed by atoms with Gasteiger partial charge in [0.15, 0.2) is 6.20 Å². The normalized spacial score (nSPS) is 23.1. The first kappa shape index (κ1) is 11.4. The molecule has 0 bridgehead atoms. The van der Waals surface area contributed by atoms with Gasteiger partial charge >= 0.3 is 0 Å². The summed E-state index contributed by atoms with van der Waals surface area (Å²) in [5.74, 6) is -2.22. The third kappa shape index (κ3) is 2.78. The molecule has 6 rings (SSSR count). The maximum Gasteiger partial charge on any atom is 0.216 e. The molecule has 1 atom stereocenters. The van der Waals surface area contributed by atoms with Gasteiger partial charge in [0.1, 0.15) is 18.2 Å². The predicted octanol–water partition coefficient (Wildman–Crippen LogP) is 8.12. The summed E-state index contributed by atoms with van der Waals surface area (Å²) in [6.45, 7) is -8.46. The smallest absolute Gasteiger partial charge is 0.216 e. The molecule has 3 aromatic carbocycles. The largest absolute Gasteiger partial charge is 0.455 e. The third-order valence-corrected chi connectivity index (χ3v) is 6.95. The Morgan fingerprint density at radius 2 is 1.82 bits per heavy atom. The van der Waals surface area contributed by atoms with Crippen LogP contribution in [0.3, 0.4) is 0 Å². The van der Waals surface area contributed by atoms with Crippen LogP contribution in [-0.4, -0.2) is 0 Å². The number of aromatic nitrogens is 1. The molecule has 0 fully saturated rings. The second-order valence-corrected chi connectivity index (χ2v) is 9.15. The van der Waals surface area contributed by atoms with Crippen LogP contribution in [0.2, 0.25) is 0 Å². The van der Waals surface area contributed by atoms with Crippen molar-refractivity contribution < 1.29 is 26.8 Å². The van der Waals surface area contributed by atoms with Gasteiger partial charge in [-0.1, -0.05) is 63.9 Å². The van der Waals surface area contributed by atoms with Gasteiger partial charge < -0.3 is 4.42 Å². The van der Waals surface area contributed by atoms with Crippen molar-refractivity contribution in [2.24, 2.45) is 7.05 Å². The zero-order chi connectivity index (χ0) is 34.9. The van der Waals surface area contributed by atoms with Gasteiger partial charge in [-0.3, -0.25) is 0 Å². The Balaban J connectivity index is 1.69. The lowest BCUT2D eigenvalue weighted by Crippen LogP contribution is -2.32. The van der Waals surface area contributed by atoms with E-state index in [2.05, 4.69) is 0 Å².